The van der Waals surface area contributed by atoms with Gasteiger partial charge >= 0.3 is 23.7 Å². The summed E-state index contributed by atoms with van der Waals surface area (Å²) in [5, 5.41) is 0. The molecule has 138 valence electrons. The van der Waals surface area contributed by atoms with Crippen LogP contribution in [0.3, 0.4) is 0 Å². The van der Waals surface area contributed by atoms with Crippen molar-refractivity contribution in [3.63, 3.8) is 0 Å². The lowest BCUT2D eigenvalue weighted by molar-refractivity contribution is 0.131. The van der Waals surface area contributed by atoms with Gasteiger partial charge in [-0.2, -0.15) is 0 Å². The minimum atomic E-state index is -2.52. The van der Waals surface area contributed by atoms with Crippen molar-refractivity contribution in [2.24, 2.45) is 11.8 Å². The molecule has 0 heterocycles. The Morgan fingerprint density at radius 3 is 2.00 bits per heavy atom. The molecule has 0 bridgehead atoms. The van der Waals surface area contributed by atoms with Gasteiger partial charge < -0.3 is 0 Å². The van der Waals surface area contributed by atoms with Crippen molar-refractivity contribution < 1.29 is 36.6 Å². The van der Waals surface area contributed by atoms with Gasteiger partial charge in [0, 0.05) is 9.13 Å². The third kappa shape index (κ3) is 11.2. The fourth-order valence-corrected chi connectivity index (χ4v) is 4.32. The van der Waals surface area contributed by atoms with Gasteiger partial charge in [-0.05, 0) is 44.4 Å². The Morgan fingerprint density at radius 2 is 1.46 bits per heavy atom. The van der Waals surface area contributed by atoms with E-state index in [1.54, 1.807) is 0 Å². The molecule has 1 rings (SSSR count). The van der Waals surface area contributed by atoms with E-state index in [1.807, 2.05) is 6.92 Å². The molecule has 24 heavy (non-hydrogen) atoms. The van der Waals surface area contributed by atoms with Crippen LogP contribution < -0.4 is 0 Å². The molecule has 0 amide bonds. The van der Waals surface area contributed by atoms with Crippen LogP contribution in [0.2, 0.25) is 0 Å². The average Bonchev–Trinajstić information content (AvgIpc) is 2.56. The predicted molar refractivity (Wildman–Crippen MR) is 92.6 cm³/mol. The maximum absolute atomic E-state index is 11.6. The first-order valence-electron chi connectivity index (χ1n) is 7.76. The summed E-state index contributed by atoms with van der Waals surface area (Å²) in [5.41, 5.74) is 0. The molecular formula is C12H24O8P3S+3. The van der Waals surface area contributed by atoms with Crippen LogP contribution in [-0.4, -0.2) is 37.9 Å². The van der Waals surface area contributed by atoms with Gasteiger partial charge in [0.15, 0.2) is 0 Å². The molecule has 12 heteroatoms. The SMILES string of the molecule is CCO[P+](=S)OCCO[P+](=O)OCC1CCC(CO[P+](=O)O)CC1. The second kappa shape index (κ2) is 13.7. The van der Waals surface area contributed by atoms with E-state index >= 15 is 0 Å². The molecule has 0 aliphatic heterocycles. The van der Waals surface area contributed by atoms with Gasteiger partial charge in [-0.1, -0.05) is 0 Å². The summed E-state index contributed by atoms with van der Waals surface area (Å²) in [6.45, 7) is 3.38. The molecule has 0 saturated heterocycles. The molecular weight excluding hydrogens is 397 g/mol. The molecule has 0 radical (unpaired) electrons. The van der Waals surface area contributed by atoms with Gasteiger partial charge in [0.1, 0.15) is 33.0 Å². The lowest BCUT2D eigenvalue weighted by Gasteiger charge is -2.25. The van der Waals surface area contributed by atoms with E-state index in [4.69, 9.17) is 39.3 Å². The second-order valence-electron chi connectivity index (χ2n) is 5.25. The number of hydrogen-bond acceptors (Lipinski definition) is 8. The van der Waals surface area contributed by atoms with Crippen LogP contribution >= 0.6 is 23.7 Å². The van der Waals surface area contributed by atoms with Crippen LogP contribution in [-0.2, 0) is 43.6 Å². The Labute approximate surface area is 150 Å². The molecule has 1 aliphatic rings. The van der Waals surface area contributed by atoms with E-state index in [0.29, 0.717) is 31.7 Å². The molecule has 8 nitrogen and oxygen atoms in total. The highest BCUT2D eigenvalue weighted by Crippen LogP contribution is 2.33. The highest BCUT2D eigenvalue weighted by Gasteiger charge is 2.28. The minimum absolute atomic E-state index is 0.140. The molecule has 0 spiro atoms. The summed E-state index contributed by atoms with van der Waals surface area (Å²) in [4.78, 5) is 8.63. The third-order valence-electron chi connectivity index (χ3n) is 3.51. The van der Waals surface area contributed by atoms with Crippen molar-refractivity contribution in [2.45, 2.75) is 32.6 Å². The summed E-state index contributed by atoms with van der Waals surface area (Å²) in [6.07, 6.45) is 3.64. The van der Waals surface area contributed by atoms with Crippen LogP contribution in [0.25, 0.3) is 0 Å². The Bertz CT molecular complexity index is 417. The lowest BCUT2D eigenvalue weighted by Crippen LogP contribution is -2.20. The van der Waals surface area contributed by atoms with Gasteiger partial charge in [-0.15, -0.1) is 27.5 Å². The maximum atomic E-state index is 11.6. The van der Waals surface area contributed by atoms with Crippen molar-refractivity contribution in [3.05, 3.63) is 0 Å². The summed E-state index contributed by atoms with van der Waals surface area (Å²) in [5.74, 6) is 0.620. The smallest absolute Gasteiger partial charge is 0.142 e. The maximum Gasteiger partial charge on any atom is 0.697 e. The van der Waals surface area contributed by atoms with Crippen LogP contribution in [0.15, 0.2) is 0 Å². The first-order valence-corrected chi connectivity index (χ1v) is 12.2. The van der Waals surface area contributed by atoms with Crippen molar-refractivity contribution in [1.82, 2.24) is 0 Å². The number of hydrogen-bond donors (Lipinski definition) is 1. The first kappa shape index (κ1) is 22.5. The zero-order chi connectivity index (χ0) is 17.8. The van der Waals surface area contributed by atoms with E-state index in [2.05, 4.69) is 0 Å². The van der Waals surface area contributed by atoms with Gasteiger partial charge in [0.2, 0.25) is 11.8 Å². The van der Waals surface area contributed by atoms with E-state index in [9.17, 15) is 9.13 Å². The lowest BCUT2D eigenvalue weighted by atomic mass is 9.83. The molecule has 0 aromatic rings. The Morgan fingerprint density at radius 1 is 0.917 bits per heavy atom. The van der Waals surface area contributed by atoms with Gasteiger partial charge in [0.05, 0.1) is 0 Å². The molecule has 1 saturated carbocycles. The minimum Gasteiger partial charge on any atom is -0.142 e. The Hall–Kier alpha value is 0.480. The van der Waals surface area contributed by atoms with Crippen molar-refractivity contribution in [2.75, 3.05) is 33.0 Å². The van der Waals surface area contributed by atoms with Crippen molar-refractivity contribution in [1.29, 1.82) is 0 Å². The van der Waals surface area contributed by atoms with Crippen LogP contribution in [0.1, 0.15) is 32.6 Å². The first-order chi connectivity index (χ1) is 11.5. The Kier molecular flexibility index (Phi) is 12.8. The fraction of sp³-hybridized carbons (Fsp3) is 1.00. The molecule has 3 atom stereocenters. The van der Waals surface area contributed by atoms with Crippen molar-refractivity contribution in [3.8, 4) is 0 Å². The third-order valence-corrected chi connectivity index (χ3v) is 6.13. The van der Waals surface area contributed by atoms with Gasteiger partial charge in [0.25, 0.3) is 0 Å². The van der Waals surface area contributed by atoms with E-state index in [0.717, 1.165) is 25.7 Å². The van der Waals surface area contributed by atoms with E-state index < -0.39 is 23.7 Å². The normalized spacial score (nSPS) is 23.0. The zero-order valence-corrected chi connectivity index (χ0v) is 17.1. The Balaban J connectivity index is 2.03. The topological polar surface area (TPSA) is 101 Å². The molecule has 3 unspecified atom stereocenters. The predicted octanol–water partition coefficient (Wildman–Crippen LogP) is 3.98. The molecule has 1 fully saturated rings. The molecule has 0 aromatic heterocycles. The molecule has 1 aliphatic carbocycles. The molecule has 0 aromatic carbocycles. The highest BCUT2D eigenvalue weighted by atomic mass is 32.4. The largest absolute Gasteiger partial charge is 0.697 e. The summed E-state index contributed by atoms with van der Waals surface area (Å²) >= 11 is 4.92. The fourth-order valence-electron chi connectivity index (χ4n) is 2.30. The van der Waals surface area contributed by atoms with Gasteiger partial charge in [-0.3, -0.25) is 0 Å². The van der Waals surface area contributed by atoms with E-state index in [-0.39, 0.29) is 13.2 Å². The monoisotopic (exact) mass is 421 g/mol. The standard InChI is InChI=1S/C12H23O8P3S/c1-2-16-23(24)18-8-7-17-22(15)20-10-12-5-3-11(4-6-12)9-19-21(13)14/h11-12H,2-10H2,1H3/q+2/p+1. The summed E-state index contributed by atoms with van der Waals surface area (Å²) < 4.78 is 47.4. The van der Waals surface area contributed by atoms with Crippen LogP contribution in [0.4, 0.5) is 0 Å². The van der Waals surface area contributed by atoms with Gasteiger partial charge in [-0.25, -0.2) is 0 Å². The summed E-state index contributed by atoms with van der Waals surface area (Å²) in [6, 6.07) is 0. The quantitative estimate of drug-likeness (QED) is 0.350. The zero-order valence-electron chi connectivity index (χ0n) is 13.6. The number of rotatable bonds is 13. The summed E-state index contributed by atoms with van der Waals surface area (Å²) in [7, 11) is -6.00. The van der Waals surface area contributed by atoms with E-state index in [1.165, 1.54) is 0 Å². The van der Waals surface area contributed by atoms with Crippen molar-refractivity contribution >= 4 is 35.5 Å². The highest BCUT2D eigenvalue weighted by molar-refractivity contribution is 8.00. The van der Waals surface area contributed by atoms with Crippen LogP contribution in [0, 0.1) is 11.8 Å². The van der Waals surface area contributed by atoms with Crippen LogP contribution in [0.5, 0.6) is 0 Å². The molecule has 1 N–H and O–H groups in total. The second-order valence-corrected chi connectivity index (χ2v) is 8.80. The average molecular weight is 421 g/mol.